The number of aromatic nitrogens is 2. The summed E-state index contributed by atoms with van der Waals surface area (Å²) >= 11 is 5.98. The van der Waals surface area contributed by atoms with Crippen LogP contribution in [0, 0.1) is 0 Å². The zero-order valence-electron chi connectivity index (χ0n) is 16.9. The fourth-order valence-corrected chi connectivity index (χ4v) is 3.93. The molecule has 0 spiro atoms. The lowest BCUT2D eigenvalue weighted by molar-refractivity contribution is -0.121. The number of anilines is 1. The van der Waals surface area contributed by atoms with Crippen molar-refractivity contribution in [2.45, 2.75) is 25.3 Å². The van der Waals surface area contributed by atoms with E-state index >= 15 is 0 Å². The Labute approximate surface area is 181 Å². The third-order valence-corrected chi connectivity index (χ3v) is 5.58. The van der Waals surface area contributed by atoms with Gasteiger partial charge in [0.1, 0.15) is 5.75 Å². The highest BCUT2D eigenvalue weighted by Crippen LogP contribution is 2.25. The third kappa shape index (κ3) is 4.94. The van der Waals surface area contributed by atoms with Crippen LogP contribution in [0.5, 0.6) is 5.75 Å². The van der Waals surface area contributed by atoms with Gasteiger partial charge in [0.05, 0.1) is 19.2 Å². The number of piperidine rings is 1. The Morgan fingerprint density at radius 3 is 2.90 bits per heavy atom. The van der Waals surface area contributed by atoms with Gasteiger partial charge in [0.2, 0.25) is 5.91 Å². The van der Waals surface area contributed by atoms with Crippen molar-refractivity contribution in [1.82, 2.24) is 15.5 Å². The number of rotatable bonds is 6. The highest BCUT2D eigenvalue weighted by molar-refractivity contribution is 6.30. The van der Waals surface area contributed by atoms with Crippen molar-refractivity contribution in [1.29, 1.82) is 0 Å². The topological polar surface area (TPSA) is 70.2 Å². The second kappa shape index (κ2) is 9.22. The molecule has 1 fully saturated rings. The quantitative estimate of drug-likeness (QED) is 0.625. The number of nitrogens with zero attached hydrogens (tertiary/aromatic N) is 2. The van der Waals surface area contributed by atoms with Crippen LogP contribution in [0.15, 0.2) is 54.6 Å². The average molecular weight is 425 g/mol. The minimum atomic E-state index is 0.0268. The molecule has 0 bridgehead atoms. The number of nitrogens with one attached hydrogen (secondary N) is 2. The summed E-state index contributed by atoms with van der Waals surface area (Å²) in [5.74, 6) is 1.69. The Morgan fingerprint density at radius 1 is 1.27 bits per heavy atom. The Bertz CT molecular complexity index is 1000. The van der Waals surface area contributed by atoms with E-state index in [2.05, 4.69) is 20.4 Å². The first-order chi connectivity index (χ1) is 14.6. The van der Waals surface area contributed by atoms with Crippen LogP contribution in [0.2, 0.25) is 5.02 Å². The minimum absolute atomic E-state index is 0.0268. The standard InChI is InChI=1S/C23H25ClN4O2/c1-30-20-6-2-4-16(12-20)13-23(29)25-19-5-3-11-28(15-19)22-14-21(26-27-22)17-7-9-18(24)10-8-17/h2,4,6-10,12,14,19H,3,5,11,13,15H2,1H3,(H,25,29)(H,26,27). The molecular weight excluding hydrogens is 400 g/mol. The number of hydrogen-bond donors (Lipinski definition) is 2. The fourth-order valence-electron chi connectivity index (χ4n) is 3.80. The molecule has 0 aliphatic carbocycles. The Balaban J connectivity index is 1.36. The molecule has 2 aromatic carbocycles. The first kappa shape index (κ1) is 20.3. The lowest BCUT2D eigenvalue weighted by Crippen LogP contribution is -2.48. The van der Waals surface area contributed by atoms with Gasteiger partial charge in [-0.3, -0.25) is 9.89 Å². The van der Waals surface area contributed by atoms with Gasteiger partial charge in [-0.25, -0.2) is 0 Å². The van der Waals surface area contributed by atoms with Gasteiger partial charge in [-0.1, -0.05) is 35.9 Å². The van der Waals surface area contributed by atoms with Gasteiger partial charge in [0.15, 0.2) is 5.82 Å². The molecule has 1 amide bonds. The van der Waals surface area contributed by atoms with E-state index in [1.807, 2.05) is 54.6 Å². The maximum Gasteiger partial charge on any atom is 0.224 e. The van der Waals surface area contributed by atoms with Gasteiger partial charge in [0, 0.05) is 30.2 Å². The summed E-state index contributed by atoms with van der Waals surface area (Å²) in [6, 6.07) is 17.4. The van der Waals surface area contributed by atoms with E-state index in [1.54, 1.807) is 7.11 Å². The Kier molecular flexibility index (Phi) is 6.23. The highest BCUT2D eigenvalue weighted by atomic mass is 35.5. The van der Waals surface area contributed by atoms with Crippen LogP contribution in [0.1, 0.15) is 18.4 Å². The lowest BCUT2D eigenvalue weighted by Gasteiger charge is -2.33. The van der Waals surface area contributed by atoms with Crippen molar-refractivity contribution in [2.75, 3.05) is 25.1 Å². The minimum Gasteiger partial charge on any atom is -0.497 e. The number of hydrogen-bond acceptors (Lipinski definition) is 4. The molecule has 1 aromatic heterocycles. The van der Waals surface area contributed by atoms with E-state index in [0.29, 0.717) is 11.4 Å². The van der Waals surface area contributed by atoms with Gasteiger partial charge < -0.3 is 15.0 Å². The molecule has 7 heteroatoms. The van der Waals surface area contributed by atoms with Crippen LogP contribution in [-0.2, 0) is 11.2 Å². The zero-order chi connectivity index (χ0) is 20.9. The molecule has 1 aliphatic heterocycles. The average Bonchev–Trinajstić information content (AvgIpc) is 3.25. The Morgan fingerprint density at radius 2 is 2.10 bits per heavy atom. The van der Waals surface area contributed by atoms with Crippen LogP contribution >= 0.6 is 11.6 Å². The molecule has 1 saturated heterocycles. The van der Waals surface area contributed by atoms with E-state index in [0.717, 1.165) is 54.3 Å². The Hall–Kier alpha value is -2.99. The number of ether oxygens (including phenoxy) is 1. The van der Waals surface area contributed by atoms with Crippen LogP contribution < -0.4 is 15.0 Å². The highest BCUT2D eigenvalue weighted by Gasteiger charge is 2.23. The molecule has 3 aromatic rings. The van der Waals surface area contributed by atoms with E-state index in [-0.39, 0.29) is 11.9 Å². The summed E-state index contributed by atoms with van der Waals surface area (Å²) in [5, 5.41) is 11.5. The van der Waals surface area contributed by atoms with Crippen LogP contribution in [0.25, 0.3) is 11.3 Å². The van der Waals surface area contributed by atoms with Gasteiger partial charge >= 0.3 is 0 Å². The van der Waals surface area contributed by atoms with Crippen LogP contribution in [0.4, 0.5) is 5.82 Å². The van der Waals surface area contributed by atoms with Crippen molar-refractivity contribution in [2.24, 2.45) is 0 Å². The molecule has 2 heterocycles. The number of halogens is 1. The van der Waals surface area contributed by atoms with Gasteiger partial charge in [-0.2, -0.15) is 5.10 Å². The molecule has 1 aliphatic rings. The summed E-state index contributed by atoms with van der Waals surface area (Å²) in [6.45, 7) is 1.67. The van der Waals surface area contributed by atoms with Crippen LogP contribution in [-0.4, -0.2) is 42.3 Å². The monoisotopic (exact) mass is 424 g/mol. The smallest absolute Gasteiger partial charge is 0.224 e. The normalized spacial score (nSPS) is 16.3. The summed E-state index contributed by atoms with van der Waals surface area (Å²) in [6.07, 6.45) is 2.32. The molecule has 2 N–H and O–H groups in total. The molecule has 1 unspecified atom stereocenters. The third-order valence-electron chi connectivity index (χ3n) is 5.33. The number of carbonyl (C=O) groups excluding carboxylic acids is 1. The molecular formula is C23H25ClN4O2. The number of benzene rings is 2. The van der Waals surface area contributed by atoms with E-state index < -0.39 is 0 Å². The molecule has 30 heavy (non-hydrogen) atoms. The largest absolute Gasteiger partial charge is 0.497 e. The number of carbonyl (C=O) groups is 1. The first-order valence-electron chi connectivity index (χ1n) is 10.1. The molecule has 0 radical (unpaired) electrons. The first-order valence-corrected chi connectivity index (χ1v) is 10.5. The van der Waals surface area contributed by atoms with Crippen molar-refractivity contribution < 1.29 is 9.53 Å². The number of amides is 1. The van der Waals surface area contributed by atoms with Crippen molar-refractivity contribution >= 4 is 23.3 Å². The number of methoxy groups -OCH3 is 1. The summed E-state index contributed by atoms with van der Waals surface area (Å²) in [5.41, 5.74) is 2.93. The van der Waals surface area contributed by atoms with Gasteiger partial charge in [-0.05, 0) is 48.2 Å². The number of aromatic amines is 1. The summed E-state index contributed by atoms with van der Waals surface area (Å²) in [7, 11) is 1.63. The zero-order valence-corrected chi connectivity index (χ0v) is 17.7. The van der Waals surface area contributed by atoms with Crippen molar-refractivity contribution in [3.05, 3.63) is 65.2 Å². The second-order valence-electron chi connectivity index (χ2n) is 7.53. The fraction of sp³-hybridized carbons (Fsp3) is 0.304. The van der Waals surface area contributed by atoms with E-state index in [9.17, 15) is 4.79 Å². The molecule has 0 saturated carbocycles. The maximum atomic E-state index is 12.5. The van der Waals surface area contributed by atoms with E-state index in [4.69, 9.17) is 16.3 Å². The van der Waals surface area contributed by atoms with Crippen molar-refractivity contribution in [3.8, 4) is 17.0 Å². The molecule has 1 atom stereocenters. The molecule has 6 nitrogen and oxygen atoms in total. The predicted octanol–water partition coefficient (Wildman–Crippen LogP) is 4.07. The van der Waals surface area contributed by atoms with E-state index in [1.165, 1.54) is 0 Å². The van der Waals surface area contributed by atoms with Gasteiger partial charge in [0.25, 0.3) is 0 Å². The number of H-pyrrole nitrogens is 1. The molecule has 156 valence electrons. The molecule has 4 rings (SSSR count). The predicted molar refractivity (Wildman–Crippen MR) is 119 cm³/mol. The lowest BCUT2D eigenvalue weighted by atomic mass is 10.0. The summed E-state index contributed by atoms with van der Waals surface area (Å²) < 4.78 is 5.23. The second-order valence-corrected chi connectivity index (χ2v) is 7.96. The van der Waals surface area contributed by atoms with Crippen molar-refractivity contribution in [3.63, 3.8) is 0 Å². The SMILES string of the molecule is COc1cccc(CC(=O)NC2CCCN(c3cc(-c4ccc(Cl)cc4)[nH]n3)C2)c1. The summed E-state index contributed by atoms with van der Waals surface area (Å²) in [4.78, 5) is 14.8. The van der Waals surface area contributed by atoms with Crippen LogP contribution in [0.3, 0.4) is 0 Å². The van der Waals surface area contributed by atoms with Gasteiger partial charge in [-0.15, -0.1) is 0 Å². The maximum absolute atomic E-state index is 12.5.